The van der Waals surface area contributed by atoms with Crippen molar-refractivity contribution in [2.45, 2.75) is 70.4 Å². The van der Waals surface area contributed by atoms with Crippen molar-refractivity contribution in [2.75, 3.05) is 32.8 Å². The van der Waals surface area contributed by atoms with E-state index < -0.39 is 0 Å². The van der Waals surface area contributed by atoms with Crippen LogP contribution in [0.3, 0.4) is 0 Å². The van der Waals surface area contributed by atoms with Crippen LogP contribution in [-0.2, 0) is 14.3 Å². The molecule has 2 heterocycles. The number of nitrogens with one attached hydrogen (secondary N) is 2. The number of carbonyl (C=O) groups excluding carboxylic acids is 2. The van der Waals surface area contributed by atoms with Crippen molar-refractivity contribution in [3.8, 4) is 0 Å². The van der Waals surface area contributed by atoms with Crippen LogP contribution < -0.4 is 10.6 Å². The molecule has 1 saturated carbocycles. The van der Waals surface area contributed by atoms with Gasteiger partial charge in [-0.1, -0.05) is 12.8 Å². The number of fused-ring (bicyclic) bond motifs is 1. The number of hydrogen-bond donors (Lipinski definition) is 2. The van der Waals surface area contributed by atoms with Gasteiger partial charge in [0.1, 0.15) is 0 Å². The number of amides is 2. The predicted molar refractivity (Wildman–Crippen MR) is 108 cm³/mol. The Balaban J connectivity index is 0.00000261. The number of ether oxygens (including phenoxy) is 1. The molecule has 156 valence electrons. The minimum absolute atomic E-state index is 0. The molecule has 3 fully saturated rings. The van der Waals surface area contributed by atoms with Crippen molar-refractivity contribution in [3.63, 3.8) is 0 Å². The monoisotopic (exact) mass is 401 g/mol. The summed E-state index contributed by atoms with van der Waals surface area (Å²) in [5.74, 6) is 1.14. The molecule has 6 nitrogen and oxygen atoms in total. The average Bonchev–Trinajstić information content (AvgIpc) is 3.11. The summed E-state index contributed by atoms with van der Waals surface area (Å²) >= 11 is 0. The summed E-state index contributed by atoms with van der Waals surface area (Å²) in [6.07, 6.45) is 8.52. The van der Waals surface area contributed by atoms with Gasteiger partial charge in [0.25, 0.3) is 0 Å². The molecule has 0 aromatic rings. The molecule has 2 aliphatic heterocycles. The summed E-state index contributed by atoms with van der Waals surface area (Å²) in [7, 11) is 0. The molecule has 2 N–H and O–H groups in total. The number of carbonyl (C=O) groups is 2. The third-order valence-electron chi connectivity index (χ3n) is 6.31. The molecule has 7 heteroatoms. The first kappa shape index (κ1) is 22.4. The van der Waals surface area contributed by atoms with Gasteiger partial charge in [-0.2, -0.15) is 0 Å². The third-order valence-corrected chi connectivity index (χ3v) is 6.31. The maximum Gasteiger partial charge on any atom is 0.239 e. The molecule has 0 aromatic heterocycles. The summed E-state index contributed by atoms with van der Waals surface area (Å²) in [6.45, 7) is 5.49. The topological polar surface area (TPSA) is 70.7 Å². The zero-order valence-corrected chi connectivity index (χ0v) is 17.4. The van der Waals surface area contributed by atoms with Crippen LogP contribution in [0.4, 0.5) is 0 Å². The molecular formula is C20H36ClN3O3. The lowest BCUT2D eigenvalue weighted by atomic mass is 9.85. The minimum Gasteiger partial charge on any atom is -0.382 e. The average molecular weight is 402 g/mol. The molecule has 2 saturated heterocycles. The number of rotatable bonds is 7. The third kappa shape index (κ3) is 6.06. The Hall–Kier alpha value is -0.850. The lowest BCUT2D eigenvalue weighted by molar-refractivity contribution is -0.137. The molecule has 1 aliphatic carbocycles. The standard InChI is InChI=1S/C20H35N3O3.ClH/c1-2-26-13-5-10-21-19(24)15-8-11-23(12-9-15)20(25)18-14-16-6-3-4-7-17(16)22-18;/h15-18,22H,2-14H2,1H3,(H,21,24);1H. The summed E-state index contributed by atoms with van der Waals surface area (Å²) in [6, 6.07) is 0.560. The zero-order chi connectivity index (χ0) is 18.4. The summed E-state index contributed by atoms with van der Waals surface area (Å²) < 4.78 is 5.28. The fourth-order valence-corrected chi connectivity index (χ4v) is 4.77. The fourth-order valence-electron chi connectivity index (χ4n) is 4.77. The van der Waals surface area contributed by atoms with Crippen LogP contribution in [0.15, 0.2) is 0 Å². The number of halogens is 1. The van der Waals surface area contributed by atoms with Crippen molar-refractivity contribution in [3.05, 3.63) is 0 Å². The van der Waals surface area contributed by atoms with Gasteiger partial charge in [-0.05, 0) is 51.4 Å². The molecule has 0 spiro atoms. The van der Waals surface area contributed by atoms with Crippen LogP contribution in [0, 0.1) is 11.8 Å². The maximum absolute atomic E-state index is 12.8. The van der Waals surface area contributed by atoms with E-state index in [0.29, 0.717) is 38.2 Å². The Bertz CT molecular complexity index is 469. The van der Waals surface area contributed by atoms with E-state index >= 15 is 0 Å². The fraction of sp³-hybridized carbons (Fsp3) is 0.900. The molecule has 0 aromatic carbocycles. The van der Waals surface area contributed by atoms with Gasteiger partial charge >= 0.3 is 0 Å². The first-order valence-corrected chi connectivity index (χ1v) is 10.6. The lowest BCUT2D eigenvalue weighted by Crippen LogP contribution is -2.49. The van der Waals surface area contributed by atoms with Gasteiger partial charge in [0.2, 0.25) is 11.8 Å². The van der Waals surface area contributed by atoms with Crippen molar-refractivity contribution in [1.82, 2.24) is 15.5 Å². The van der Waals surface area contributed by atoms with E-state index in [-0.39, 0.29) is 36.2 Å². The van der Waals surface area contributed by atoms with Crippen LogP contribution >= 0.6 is 12.4 Å². The smallest absolute Gasteiger partial charge is 0.239 e. The van der Waals surface area contributed by atoms with Gasteiger partial charge in [0.05, 0.1) is 6.04 Å². The van der Waals surface area contributed by atoms with Crippen LogP contribution in [0.2, 0.25) is 0 Å². The molecular weight excluding hydrogens is 366 g/mol. The van der Waals surface area contributed by atoms with Gasteiger partial charge in [-0.15, -0.1) is 12.4 Å². The van der Waals surface area contributed by atoms with Gasteiger partial charge in [0, 0.05) is 44.8 Å². The van der Waals surface area contributed by atoms with Crippen LogP contribution in [0.5, 0.6) is 0 Å². The minimum atomic E-state index is 0. The Labute approximate surface area is 169 Å². The Morgan fingerprint density at radius 3 is 2.59 bits per heavy atom. The highest BCUT2D eigenvalue weighted by Crippen LogP contribution is 2.34. The van der Waals surface area contributed by atoms with E-state index in [9.17, 15) is 9.59 Å². The highest BCUT2D eigenvalue weighted by molar-refractivity contribution is 5.85. The molecule has 3 rings (SSSR count). The van der Waals surface area contributed by atoms with E-state index in [4.69, 9.17) is 4.74 Å². The highest BCUT2D eigenvalue weighted by Gasteiger charge is 2.40. The summed E-state index contributed by atoms with van der Waals surface area (Å²) in [4.78, 5) is 27.1. The molecule has 3 aliphatic rings. The second kappa shape index (κ2) is 11.2. The van der Waals surface area contributed by atoms with E-state index in [0.717, 1.165) is 32.3 Å². The normalized spacial score (nSPS) is 28.3. The quantitative estimate of drug-likeness (QED) is 0.641. The second-order valence-electron chi connectivity index (χ2n) is 8.05. The van der Waals surface area contributed by atoms with Crippen molar-refractivity contribution >= 4 is 24.2 Å². The SMILES string of the molecule is CCOCCCNC(=O)C1CCN(C(=O)C2CC3CCCCC3N2)CC1.Cl. The van der Waals surface area contributed by atoms with Crippen LogP contribution in [0.25, 0.3) is 0 Å². The first-order valence-electron chi connectivity index (χ1n) is 10.6. The zero-order valence-electron chi connectivity index (χ0n) is 16.6. The van der Waals surface area contributed by atoms with Crippen molar-refractivity contribution in [1.29, 1.82) is 0 Å². The number of nitrogens with zero attached hydrogens (tertiary/aromatic N) is 1. The first-order chi connectivity index (χ1) is 12.7. The van der Waals surface area contributed by atoms with Crippen LogP contribution in [0.1, 0.15) is 58.3 Å². The van der Waals surface area contributed by atoms with Crippen LogP contribution in [-0.4, -0.2) is 61.6 Å². The van der Waals surface area contributed by atoms with E-state index in [2.05, 4.69) is 10.6 Å². The largest absolute Gasteiger partial charge is 0.382 e. The lowest BCUT2D eigenvalue weighted by Gasteiger charge is -2.33. The predicted octanol–water partition coefficient (Wildman–Crippen LogP) is 2.11. The highest BCUT2D eigenvalue weighted by atomic mass is 35.5. The number of hydrogen-bond acceptors (Lipinski definition) is 4. The molecule has 27 heavy (non-hydrogen) atoms. The van der Waals surface area contributed by atoms with Gasteiger partial charge in [-0.25, -0.2) is 0 Å². The van der Waals surface area contributed by atoms with E-state index in [1.165, 1.54) is 25.7 Å². The molecule has 0 bridgehead atoms. The summed E-state index contributed by atoms with van der Waals surface area (Å²) in [5, 5.41) is 6.60. The Morgan fingerprint density at radius 1 is 1.15 bits per heavy atom. The maximum atomic E-state index is 12.8. The van der Waals surface area contributed by atoms with Crippen molar-refractivity contribution < 1.29 is 14.3 Å². The van der Waals surface area contributed by atoms with Gasteiger partial charge < -0.3 is 20.3 Å². The Morgan fingerprint density at radius 2 is 1.89 bits per heavy atom. The Kier molecular flexibility index (Phi) is 9.33. The van der Waals surface area contributed by atoms with E-state index in [1.807, 2.05) is 11.8 Å². The van der Waals surface area contributed by atoms with Gasteiger partial charge in [0.15, 0.2) is 0 Å². The van der Waals surface area contributed by atoms with Gasteiger partial charge in [-0.3, -0.25) is 9.59 Å². The molecule has 2 amide bonds. The number of likely N-dealkylation sites (tertiary alicyclic amines) is 1. The molecule has 3 unspecified atom stereocenters. The summed E-state index contributed by atoms with van der Waals surface area (Å²) in [5.41, 5.74) is 0. The second-order valence-corrected chi connectivity index (χ2v) is 8.05. The number of piperidine rings is 1. The molecule has 0 radical (unpaired) electrons. The van der Waals surface area contributed by atoms with Crippen molar-refractivity contribution in [2.24, 2.45) is 11.8 Å². The van der Waals surface area contributed by atoms with E-state index in [1.54, 1.807) is 0 Å². The molecule has 3 atom stereocenters.